The number of esters is 1. The zero-order valence-corrected chi connectivity index (χ0v) is 19.6. The van der Waals surface area contributed by atoms with Crippen LogP contribution in [-0.2, 0) is 14.3 Å². The molecule has 0 radical (unpaired) electrons. The van der Waals surface area contributed by atoms with E-state index in [0.29, 0.717) is 25.0 Å². The van der Waals surface area contributed by atoms with Gasteiger partial charge < -0.3 is 24.8 Å². The van der Waals surface area contributed by atoms with Gasteiger partial charge in [-0.2, -0.15) is 0 Å². The van der Waals surface area contributed by atoms with Crippen molar-refractivity contribution in [1.29, 1.82) is 0 Å². The third-order valence-electron chi connectivity index (χ3n) is 5.81. The molecule has 2 N–H and O–H groups in total. The van der Waals surface area contributed by atoms with Gasteiger partial charge in [0.25, 0.3) is 11.8 Å². The van der Waals surface area contributed by atoms with E-state index < -0.39 is 11.8 Å². The van der Waals surface area contributed by atoms with Crippen molar-refractivity contribution in [1.82, 2.24) is 10.6 Å². The predicted octanol–water partition coefficient (Wildman–Crippen LogP) is 3.28. The van der Waals surface area contributed by atoms with Gasteiger partial charge in [0.1, 0.15) is 17.3 Å². The Hall–Kier alpha value is -3.04. The van der Waals surface area contributed by atoms with Gasteiger partial charge in [0.05, 0.1) is 22.7 Å². The summed E-state index contributed by atoms with van der Waals surface area (Å²) in [5.41, 5.74) is -0.597. The number of benzene rings is 2. The normalized spacial score (nSPS) is 22.0. The number of hydrogen-bond donors (Lipinski definition) is 2. The van der Waals surface area contributed by atoms with Gasteiger partial charge in [-0.05, 0) is 49.6 Å². The highest BCUT2D eigenvalue weighted by Crippen LogP contribution is 2.60. The second kappa shape index (κ2) is 9.31. The van der Waals surface area contributed by atoms with Gasteiger partial charge in [0.15, 0.2) is 13.2 Å². The molecule has 5 rings (SSSR count). The van der Waals surface area contributed by atoms with E-state index in [2.05, 4.69) is 15.4 Å². The van der Waals surface area contributed by atoms with Crippen LogP contribution in [0.15, 0.2) is 36.4 Å². The Morgan fingerprint density at radius 1 is 0.882 bits per heavy atom. The molecule has 0 spiro atoms. The topological polar surface area (TPSA) is 103 Å². The smallest absolute Gasteiger partial charge is 0.339 e. The van der Waals surface area contributed by atoms with E-state index in [-0.39, 0.29) is 57.5 Å². The van der Waals surface area contributed by atoms with Gasteiger partial charge in [-0.3, -0.25) is 9.59 Å². The van der Waals surface area contributed by atoms with Crippen LogP contribution in [0.3, 0.4) is 0 Å². The lowest BCUT2D eigenvalue weighted by Gasteiger charge is -2.70. The van der Waals surface area contributed by atoms with E-state index in [0.717, 1.165) is 6.07 Å². The van der Waals surface area contributed by atoms with Crippen LogP contribution in [0.5, 0.6) is 11.5 Å². The molecule has 3 aliphatic carbocycles. The summed E-state index contributed by atoms with van der Waals surface area (Å²) in [6.07, 6.45) is 1.79. The van der Waals surface area contributed by atoms with Crippen LogP contribution < -0.4 is 20.1 Å². The molecule has 2 aromatic rings. The van der Waals surface area contributed by atoms with Crippen LogP contribution in [-0.4, -0.2) is 49.2 Å². The third-order valence-corrected chi connectivity index (χ3v) is 6.45. The minimum atomic E-state index is -0.624. The number of carbonyl (C=O) groups is 3. The first-order valence-corrected chi connectivity index (χ1v) is 11.1. The first-order chi connectivity index (χ1) is 16.1. The summed E-state index contributed by atoms with van der Waals surface area (Å²) in [5, 5.41) is 6.05. The Kier molecular flexibility index (Phi) is 6.60. The Bertz CT molecular complexity index is 1140. The predicted molar refractivity (Wildman–Crippen MR) is 121 cm³/mol. The summed E-state index contributed by atoms with van der Waals surface area (Å²) in [4.78, 5) is 36.2. The number of amides is 2. The molecule has 11 heteroatoms. The molecule has 34 heavy (non-hydrogen) atoms. The van der Waals surface area contributed by atoms with Gasteiger partial charge in [-0.1, -0.05) is 23.2 Å². The van der Waals surface area contributed by atoms with Gasteiger partial charge in [-0.25, -0.2) is 9.18 Å². The monoisotopic (exact) mass is 510 g/mol. The van der Waals surface area contributed by atoms with Gasteiger partial charge >= 0.3 is 5.97 Å². The summed E-state index contributed by atoms with van der Waals surface area (Å²) < 4.78 is 28.9. The number of methoxy groups -OCH3 is 1. The number of hydrogen-bond acceptors (Lipinski definition) is 6. The molecular weight excluding hydrogens is 490 g/mol. The summed E-state index contributed by atoms with van der Waals surface area (Å²) in [6.45, 7) is -0.500. The van der Waals surface area contributed by atoms with Crippen LogP contribution in [0.4, 0.5) is 4.39 Å². The third kappa shape index (κ3) is 5.05. The standard InChI is InChI=1S/C23H21Cl2FN2O6/c1-32-21(31)15-6-13(2-4-16(15)24)33-8-19(29)27-22-10-23(11-22,12-22)28-20(30)9-34-14-3-5-17(25)18(26)7-14/h2-7H,8-12H2,1H3,(H,27,29)(H,28,30). The number of halogens is 3. The van der Waals surface area contributed by atoms with Crippen molar-refractivity contribution < 1.29 is 33.0 Å². The average molecular weight is 511 g/mol. The maximum Gasteiger partial charge on any atom is 0.339 e. The Labute approximate surface area is 204 Å². The van der Waals surface area contributed by atoms with E-state index >= 15 is 0 Å². The Morgan fingerprint density at radius 2 is 1.38 bits per heavy atom. The van der Waals surface area contributed by atoms with Crippen molar-refractivity contribution >= 4 is 41.0 Å². The fraction of sp³-hybridized carbons (Fsp3) is 0.348. The van der Waals surface area contributed by atoms with Gasteiger partial charge in [-0.15, -0.1) is 0 Å². The molecule has 2 aromatic carbocycles. The van der Waals surface area contributed by atoms with E-state index in [1.165, 1.54) is 31.4 Å². The van der Waals surface area contributed by atoms with E-state index in [1.807, 2.05) is 0 Å². The number of nitrogens with one attached hydrogen (secondary N) is 2. The SMILES string of the molecule is COC(=O)c1cc(OCC(=O)NC23CC(NC(=O)COc4ccc(Cl)c(F)c4)(C2)C3)ccc1Cl. The molecule has 0 aliphatic heterocycles. The molecule has 0 aromatic heterocycles. The van der Waals surface area contributed by atoms with E-state index in [9.17, 15) is 18.8 Å². The molecule has 0 atom stereocenters. The van der Waals surface area contributed by atoms with Crippen molar-refractivity contribution in [2.45, 2.75) is 30.3 Å². The highest BCUT2D eigenvalue weighted by Gasteiger charge is 2.69. The van der Waals surface area contributed by atoms with E-state index in [4.69, 9.17) is 32.7 Å². The summed E-state index contributed by atoms with van der Waals surface area (Å²) in [7, 11) is 1.24. The van der Waals surface area contributed by atoms with Crippen LogP contribution in [0.25, 0.3) is 0 Å². The quantitative estimate of drug-likeness (QED) is 0.501. The van der Waals surface area contributed by atoms with Crippen molar-refractivity contribution in [3.8, 4) is 11.5 Å². The zero-order valence-electron chi connectivity index (χ0n) is 18.1. The molecule has 0 unspecified atom stereocenters. The average Bonchev–Trinajstić information content (AvgIpc) is 2.76. The van der Waals surface area contributed by atoms with Crippen LogP contribution in [0.1, 0.15) is 29.6 Å². The maximum absolute atomic E-state index is 13.4. The van der Waals surface area contributed by atoms with Gasteiger partial charge in [0, 0.05) is 17.1 Å². The molecule has 2 amide bonds. The van der Waals surface area contributed by atoms with Crippen LogP contribution in [0.2, 0.25) is 10.0 Å². The summed E-state index contributed by atoms with van der Waals surface area (Å²) in [5.74, 6) is -1.36. The fourth-order valence-electron chi connectivity index (χ4n) is 4.44. The molecule has 0 heterocycles. The molecule has 8 nitrogen and oxygen atoms in total. The van der Waals surface area contributed by atoms with E-state index in [1.54, 1.807) is 6.07 Å². The maximum atomic E-state index is 13.4. The number of carbonyl (C=O) groups excluding carboxylic acids is 3. The highest BCUT2D eigenvalue weighted by molar-refractivity contribution is 6.33. The molecule has 180 valence electrons. The molecule has 2 bridgehead atoms. The molecular formula is C23H21Cl2FN2O6. The molecule has 0 saturated heterocycles. The van der Waals surface area contributed by atoms with Crippen LogP contribution in [0, 0.1) is 5.82 Å². The minimum absolute atomic E-state index is 0.0254. The Morgan fingerprint density at radius 3 is 1.88 bits per heavy atom. The second-order valence-corrected chi connectivity index (χ2v) is 9.29. The largest absolute Gasteiger partial charge is 0.484 e. The van der Waals surface area contributed by atoms with Crippen molar-refractivity contribution in [2.24, 2.45) is 0 Å². The number of rotatable bonds is 9. The van der Waals surface area contributed by atoms with Crippen molar-refractivity contribution in [3.63, 3.8) is 0 Å². The zero-order chi connectivity index (χ0) is 24.5. The molecule has 3 fully saturated rings. The van der Waals surface area contributed by atoms with Crippen molar-refractivity contribution in [2.75, 3.05) is 20.3 Å². The second-order valence-electron chi connectivity index (χ2n) is 8.47. The first-order valence-electron chi connectivity index (χ1n) is 10.3. The number of ether oxygens (including phenoxy) is 3. The molecule has 3 aliphatic rings. The lowest BCUT2D eigenvalue weighted by Crippen LogP contribution is -2.84. The highest BCUT2D eigenvalue weighted by atomic mass is 35.5. The lowest BCUT2D eigenvalue weighted by atomic mass is 9.44. The van der Waals surface area contributed by atoms with Crippen molar-refractivity contribution in [3.05, 3.63) is 57.8 Å². The van der Waals surface area contributed by atoms with Gasteiger partial charge in [0.2, 0.25) is 0 Å². The summed E-state index contributed by atoms with van der Waals surface area (Å²) in [6, 6.07) is 8.39. The van der Waals surface area contributed by atoms with Crippen LogP contribution >= 0.6 is 23.2 Å². The Balaban J connectivity index is 1.19. The molecule has 3 saturated carbocycles. The fourth-order valence-corrected chi connectivity index (χ4v) is 4.75. The lowest BCUT2D eigenvalue weighted by molar-refractivity contribution is -0.151. The minimum Gasteiger partial charge on any atom is -0.484 e. The summed E-state index contributed by atoms with van der Waals surface area (Å²) >= 11 is 11.6. The first kappa shape index (κ1) is 24.1.